The van der Waals surface area contributed by atoms with E-state index < -0.39 is 5.97 Å². The van der Waals surface area contributed by atoms with Gasteiger partial charge in [0.05, 0.1) is 18.5 Å². The van der Waals surface area contributed by atoms with Gasteiger partial charge in [-0.25, -0.2) is 4.68 Å². The van der Waals surface area contributed by atoms with Crippen LogP contribution in [0.15, 0.2) is 41.9 Å². The van der Waals surface area contributed by atoms with Crippen LogP contribution in [0.25, 0.3) is 5.69 Å². The summed E-state index contributed by atoms with van der Waals surface area (Å²) in [6, 6.07) is 7.91. The van der Waals surface area contributed by atoms with Crippen LogP contribution in [0.1, 0.15) is 11.3 Å². The molecule has 3 rings (SSSR count). The molecule has 2 aromatic heterocycles. The van der Waals surface area contributed by atoms with Crippen LogP contribution >= 0.6 is 11.8 Å². The van der Waals surface area contributed by atoms with Crippen LogP contribution in [-0.4, -0.2) is 52.5 Å². The summed E-state index contributed by atoms with van der Waals surface area (Å²) in [5.41, 5.74) is 2.56. The molecule has 0 aliphatic heterocycles. The first kappa shape index (κ1) is 18.6. The summed E-state index contributed by atoms with van der Waals surface area (Å²) < 4.78 is 3.01. The molecule has 0 bridgehead atoms. The number of carboxylic acids is 1. The molecule has 0 aliphatic rings. The van der Waals surface area contributed by atoms with Gasteiger partial charge in [-0.1, -0.05) is 34.7 Å². The smallest absolute Gasteiger partial charge is 0.325 e. The minimum atomic E-state index is -1.01. The van der Waals surface area contributed by atoms with E-state index in [0.29, 0.717) is 10.9 Å². The third kappa shape index (κ3) is 5.14. The van der Waals surface area contributed by atoms with Gasteiger partial charge in [0.25, 0.3) is 0 Å². The Hall–Kier alpha value is -3.21. The second kappa shape index (κ2) is 8.45. The maximum Gasteiger partial charge on any atom is 0.325 e. The maximum atomic E-state index is 12.1. The molecule has 0 atom stereocenters. The summed E-state index contributed by atoms with van der Waals surface area (Å²) in [5, 5.41) is 27.5. The van der Waals surface area contributed by atoms with Crippen LogP contribution in [0.2, 0.25) is 0 Å². The molecule has 0 unspecified atom stereocenters. The molecule has 1 aromatic carbocycles. The number of hydrogen-bond acceptors (Lipinski definition) is 7. The topological polar surface area (TPSA) is 128 Å². The van der Waals surface area contributed by atoms with Gasteiger partial charge in [-0.05, 0) is 19.1 Å². The first-order valence-corrected chi connectivity index (χ1v) is 8.97. The van der Waals surface area contributed by atoms with Crippen LogP contribution in [-0.2, 0) is 22.7 Å². The third-order valence-electron chi connectivity index (χ3n) is 3.51. The fourth-order valence-corrected chi connectivity index (χ4v) is 2.97. The highest BCUT2D eigenvalue weighted by Gasteiger charge is 2.11. The SMILES string of the molecule is Cc1ccc(-n2cnnc2SCC(=O)NCc2cn(CC(=O)O)nn2)cc1. The summed E-state index contributed by atoms with van der Waals surface area (Å²) >= 11 is 1.27. The van der Waals surface area contributed by atoms with Gasteiger partial charge in [-0.15, -0.1) is 15.3 Å². The average Bonchev–Trinajstić information content (AvgIpc) is 3.27. The zero-order valence-electron chi connectivity index (χ0n) is 14.4. The van der Waals surface area contributed by atoms with Crippen molar-refractivity contribution in [3.63, 3.8) is 0 Å². The van der Waals surface area contributed by atoms with Crippen LogP contribution in [0.3, 0.4) is 0 Å². The number of aryl methyl sites for hydroxylation is 1. The number of carbonyl (C=O) groups is 2. The van der Waals surface area contributed by atoms with E-state index in [9.17, 15) is 9.59 Å². The van der Waals surface area contributed by atoms with E-state index in [-0.39, 0.29) is 24.7 Å². The number of rotatable bonds is 8. The van der Waals surface area contributed by atoms with Crippen LogP contribution < -0.4 is 5.32 Å². The molecular weight excluding hydrogens is 370 g/mol. The minimum absolute atomic E-state index is 0.161. The Labute approximate surface area is 158 Å². The monoisotopic (exact) mass is 387 g/mol. The molecule has 0 spiro atoms. The molecule has 1 amide bonds. The predicted octanol–water partition coefficient (Wildman–Crippen LogP) is 0.660. The fraction of sp³-hybridized carbons (Fsp3) is 0.250. The maximum absolute atomic E-state index is 12.1. The zero-order valence-corrected chi connectivity index (χ0v) is 15.3. The van der Waals surface area contributed by atoms with Gasteiger partial charge in [0.15, 0.2) is 5.16 Å². The lowest BCUT2D eigenvalue weighted by molar-refractivity contribution is -0.137. The fourth-order valence-electron chi connectivity index (χ4n) is 2.21. The summed E-state index contributed by atoms with van der Waals surface area (Å²) in [4.78, 5) is 22.7. The summed E-state index contributed by atoms with van der Waals surface area (Å²) in [6.45, 7) is 1.91. The van der Waals surface area contributed by atoms with E-state index in [2.05, 4.69) is 25.8 Å². The van der Waals surface area contributed by atoms with E-state index in [1.807, 2.05) is 35.8 Å². The van der Waals surface area contributed by atoms with E-state index >= 15 is 0 Å². The number of benzene rings is 1. The molecule has 0 fully saturated rings. The number of aromatic nitrogens is 6. The van der Waals surface area contributed by atoms with Crippen molar-refractivity contribution in [2.24, 2.45) is 0 Å². The van der Waals surface area contributed by atoms with Crippen molar-refractivity contribution in [3.8, 4) is 5.69 Å². The van der Waals surface area contributed by atoms with Crippen molar-refractivity contribution in [3.05, 3.63) is 48.0 Å². The highest BCUT2D eigenvalue weighted by atomic mass is 32.2. The highest BCUT2D eigenvalue weighted by Crippen LogP contribution is 2.19. The van der Waals surface area contributed by atoms with Crippen molar-refractivity contribution in [1.82, 2.24) is 35.1 Å². The first-order chi connectivity index (χ1) is 13.0. The van der Waals surface area contributed by atoms with Crippen LogP contribution in [0, 0.1) is 6.92 Å². The van der Waals surface area contributed by atoms with Gasteiger partial charge in [-0.2, -0.15) is 0 Å². The van der Waals surface area contributed by atoms with E-state index in [1.165, 1.54) is 22.6 Å². The Kier molecular flexibility index (Phi) is 5.81. The Morgan fingerprint density at radius 3 is 2.74 bits per heavy atom. The lowest BCUT2D eigenvalue weighted by atomic mass is 10.2. The van der Waals surface area contributed by atoms with E-state index in [0.717, 1.165) is 11.3 Å². The summed E-state index contributed by atoms with van der Waals surface area (Å²) in [5.74, 6) is -1.05. The van der Waals surface area contributed by atoms with Crippen molar-refractivity contribution in [2.75, 3.05) is 5.75 Å². The van der Waals surface area contributed by atoms with Gasteiger partial charge in [-0.3, -0.25) is 14.2 Å². The Morgan fingerprint density at radius 2 is 2.00 bits per heavy atom. The van der Waals surface area contributed by atoms with E-state index in [1.54, 1.807) is 6.33 Å². The number of thioether (sulfide) groups is 1. The van der Waals surface area contributed by atoms with Gasteiger partial charge in [0.2, 0.25) is 5.91 Å². The molecule has 0 aliphatic carbocycles. The Bertz CT molecular complexity index is 936. The first-order valence-electron chi connectivity index (χ1n) is 7.98. The predicted molar refractivity (Wildman–Crippen MR) is 96.3 cm³/mol. The molecule has 10 nitrogen and oxygen atoms in total. The molecule has 11 heteroatoms. The molecule has 0 saturated heterocycles. The van der Waals surface area contributed by atoms with Crippen LogP contribution in [0.5, 0.6) is 0 Å². The van der Waals surface area contributed by atoms with Crippen molar-refractivity contribution in [2.45, 2.75) is 25.2 Å². The number of carboxylic acid groups (broad SMARTS) is 1. The normalized spacial score (nSPS) is 10.7. The molecule has 0 radical (unpaired) electrons. The van der Waals surface area contributed by atoms with Gasteiger partial charge >= 0.3 is 5.97 Å². The second-order valence-electron chi connectivity index (χ2n) is 5.69. The molecule has 0 saturated carbocycles. The highest BCUT2D eigenvalue weighted by molar-refractivity contribution is 7.99. The third-order valence-corrected chi connectivity index (χ3v) is 4.45. The second-order valence-corrected chi connectivity index (χ2v) is 6.63. The molecule has 140 valence electrons. The van der Waals surface area contributed by atoms with Crippen molar-refractivity contribution >= 4 is 23.6 Å². The van der Waals surface area contributed by atoms with Crippen molar-refractivity contribution < 1.29 is 14.7 Å². The molecule has 27 heavy (non-hydrogen) atoms. The van der Waals surface area contributed by atoms with Gasteiger partial charge < -0.3 is 10.4 Å². The van der Waals surface area contributed by atoms with Gasteiger partial charge in [0.1, 0.15) is 18.6 Å². The molecule has 2 N–H and O–H groups in total. The average molecular weight is 387 g/mol. The molecule has 3 aromatic rings. The summed E-state index contributed by atoms with van der Waals surface area (Å²) in [6.07, 6.45) is 3.08. The number of nitrogens with one attached hydrogen (secondary N) is 1. The lowest BCUT2D eigenvalue weighted by Gasteiger charge is -2.06. The largest absolute Gasteiger partial charge is 0.480 e. The van der Waals surface area contributed by atoms with Crippen molar-refractivity contribution in [1.29, 1.82) is 0 Å². The Morgan fingerprint density at radius 1 is 1.22 bits per heavy atom. The van der Waals surface area contributed by atoms with E-state index in [4.69, 9.17) is 5.11 Å². The number of aliphatic carboxylic acids is 1. The quantitative estimate of drug-likeness (QED) is 0.540. The standard InChI is InChI=1S/C16H17N7O3S/c1-11-2-4-13(5-3-11)23-10-18-20-16(23)27-9-14(24)17-6-12-7-22(21-19-12)8-15(25)26/h2-5,7,10H,6,8-9H2,1H3,(H,17,24)(H,25,26). The zero-order chi connectivity index (χ0) is 19.2. The lowest BCUT2D eigenvalue weighted by Crippen LogP contribution is -2.25. The van der Waals surface area contributed by atoms with Crippen LogP contribution in [0.4, 0.5) is 0 Å². The molecule has 2 heterocycles. The Balaban J connectivity index is 1.51. The van der Waals surface area contributed by atoms with Gasteiger partial charge in [0, 0.05) is 5.69 Å². The minimum Gasteiger partial charge on any atom is -0.480 e. The number of carbonyl (C=O) groups excluding carboxylic acids is 1. The number of amides is 1. The molecular formula is C16H17N7O3S. The number of hydrogen-bond donors (Lipinski definition) is 2. The summed E-state index contributed by atoms with van der Waals surface area (Å²) in [7, 11) is 0. The number of nitrogens with zero attached hydrogens (tertiary/aromatic N) is 6.